The number of rotatable bonds is 4. The van der Waals surface area contributed by atoms with E-state index in [-0.39, 0.29) is 11.4 Å². The molecule has 104 valence electrons. The van der Waals surface area contributed by atoms with Crippen molar-refractivity contribution in [3.05, 3.63) is 53.0 Å². The molecule has 0 saturated carbocycles. The van der Waals surface area contributed by atoms with Crippen molar-refractivity contribution in [2.24, 2.45) is 0 Å². The minimum atomic E-state index is -0.984. The fourth-order valence-electron chi connectivity index (χ4n) is 2.04. The average molecular weight is 273 g/mol. The fourth-order valence-corrected chi connectivity index (χ4v) is 2.04. The summed E-state index contributed by atoms with van der Waals surface area (Å²) in [6, 6.07) is 8.06. The van der Waals surface area contributed by atoms with Gasteiger partial charge >= 0.3 is 5.97 Å². The topological polar surface area (TPSA) is 50.2 Å². The minimum Gasteiger partial charge on any atom is -0.478 e. The van der Waals surface area contributed by atoms with Gasteiger partial charge in [0.25, 0.3) is 0 Å². The zero-order valence-electron chi connectivity index (χ0n) is 11.5. The van der Waals surface area contributed by atoms with Crippen LogP contribution in [0.1, 0.15) is 35.0 Å². The molecular formula is C16H16FNO2. The third kappa shape index (κ3) is 2.85. The van der Waals surface area contributed by atoms with E-state index >= 15 is 0 Å². The standard InChI is InChI=1S/C16H16FNO2/c1-3-4-15-12(16(19)20)7-8-14(18-15)11-6-5-10(2)13(17)9-11/h5-9H,3-4H2,1-2H3,(H,19,20). The number of halogens is 1. The van der Waals surface area contributed by atoms with Crippen molar-refractivity contribution >= 4 is 5.97 Å². The molecule has 1 aromatic heterocycles. The number of carbonyl (C=O) groups is 1. The van der Waals surface area contributed by atoms with Gasteiger partial charge in [-0.25, -0.2) is 9.18 Å². The largest absolute Gasteiger partial charge is 0.478 e. The van der Waals surface area contributed by atoms with E-state index in [1.165, 1.54) is 12.1 Å². The van der Waals surface area contributed by atoms with Crippen molar-refractivity contribution in [2.75, 3.05) is 0 Å². The number of hydrogen-bond donors (Lipinski definition) is 1. The Morgan fingerprint density at radius 2 is 2.05 bits per heavy atom. The predicted molar refractivity (Wildman–Crippen MR) is 75.3 cm³/mol. The lowest BCUT2D eigenvalue weighted by atomic mass is 10.0. The molecule has 0 spiro atoms. The lowest BCUT2D eigenvalue weighted by molar-refractivity contribution is 0.0695. The van der Waals surface area contributed by atoms with E-state index in [1.54, 1.807) is 25.1 Å². The van der Waals surface area contributed by atoms with Crippen molar-refractivity contribution in [3.8, 4) is 11.3 Å². The molecule has 0 atom stereocenters. The van der Waals surface area contributed by atoms with Crippen LogP contribution in [0, 0.1) is 12.7 Å². The van der Waals surface area contributed by atoms with Crippen LogP contribution in [0.2, 0.25) is 0 Å². The summed E-state index contributed by atoms with van der Waals surface area (Å²) >= 11 is 0. The molecular weight excluding hydrogens is 257 g/mol. The van der Waals surface area contributed by atoms with Crippen molar-refractivity contribution in [3.63, 3.8) is 0 Å². The molecule has 3 nitrogen and oxygen atoms in total. The number of aromatic carboxylic acids is 1. The van der Waals surface area contributed by atoms with Gasteiger partial charge in [0, 0.05) is 5.56 Å². The maximum atomic E-state index is 13.6. The first kappa shape index (κ1) is 14.2. The van der Waals surface area contributed by atoms with Crippen LogP contribution in [-0.4, -0.2) is 16.1 Å². The zero-order valence-corrected chi connectivity index (χ0v) is 11.5. The number of carboxylic acids is 1. The van der Waals surface area contributed by atoms with Crippen LogP contribution in [0.5, 0.6) is 0 Å². The second-order valence-corrected chi connectivity index (χ2v) is 4.71. The first-order valence-corrected chi connectivity index (χ1v) is 6.52. The van der Waals surface area contributed by atoms with Gasteiger partial charge in [0.15, 0.2) is 0 Å². The fraction of sp³-hybridized carbons (Fsp3) is 0.250. The number of hydrogen-bond acceptors (Lipinski definition) is 2. The Morgan fingerprint density at radius 3 is 2.65 bits per heavy atom. The molecule has 0 radical (unpaired) electrons. The molecule has 1 N–H and O–H groups in total. The third-order valence-corrected chi connectivity index (χ3v) is 3.16. The molecule has 0 saturated heterocycles. The molecule has 0 unspecified atom stereocenters. The molecule has 20 heavy (non-hydrogen) atoms. The summed E-state index contributed by atoms with van der Waals surface area (Å²) in [5.74, 6) is -1.27. The smallest absolute Gasteiger partial charge is 0.337 e. The summed E-state index contributed by atoms with van der Waals surface area (Å²) in [5.41, 5.74) is 2.58. The van der Waals surface area contributed by atoms with Gasteiger partial charge in [0.2, 0.25) is 0 Å². The quantitative estimate of drug-likeness (QED) is 0.920. The van der Waals surface area contributed by atoms with Crippen LogP contribution in [-0.2, 0) is 6.42 Å². The van der Waals surface area contributed by atoms with E-state index < -0.39 is 5.97 Å². The van der Waals surface area contributed by atoms with Gasteiger partial charge in [-0.2, -0.15) is 0 Å². The Hall–Kier alpha value is -2.23. The minimum absolute atomic E-state index is 0.211. The highest BCUT2D eigenvalue weighted by atomic mass is 19.1. The molecule has 0 aliphatic rings. The van der Waals surface area contributed by atoms with Crippen LogP contribution in [0.15, 0.2) is 30.3 Å². The zero-order chi connectivity index (χ0) is 14.7. The number of pyridine rings is 1. The van der Waals surface area contributed by atoms with Gasteiger partial charge in [-0.3, -0.25) is 4.98 Å². The molecule has 0 amide bonds. The van der Waals surface area contributed by atoms with Gasteiger partial charge in [-0.05, 0) is 37.1 Å². The van der Waals surface area contributed by atoms with Gasteiger partial charge in [0.1, 0.15) is 5.82 Å². The number of benzene rings is 1. The predicted octanol–water partition coefficient (Wildman–Crippen LogP) is 3.85. The van der Waals surface area contributed by atoms with Crippen LogP contribution in [0.4, 0.5) is 4.39 Å². The second-order valence-electron chi connectivity index (χ2n) is 4.71. The lowest BCUT2D eigenvalue weighted by Crippen LogP contribution is -2.05. The summed E-state index contributed by atoms with van der Waals surface area (Å²) in [4.78, 5) is 15.5. The Morgan fingerprint density at radius 1 is 1.30 bits per heavy atom. The highest BCUT2D eigenvalue weighted by molar-refractivity contribution is 5.89. The first-order valence-electron chi connectivity index (χ1n) is 6.52. The maximum absolute atomic E-state index is 13.6. The average Bonchev–Trinajstić information content (AvgIpc) is 2.42. The Kier molecular flexibility index (Phi) is 4.13. The maximum Gasteiger partial charge on any atom is 0.337 e. The van der Waals surface area contributed by atoms with Gasteiger partial charge in [-0.15, -0.1) is 0 Å². The lowest BCUT2D eigenvalue weighted by Gasteiger charge is -2.08. The number of aromatic nitrogens is 1. The second kappa shape index (κ2) is 5.82. The van der Waals surface area contributed by atoms with E-state index in [4.69, 9.17) is 5.11 Å². The van der Waals surface area contributed by atoms with Crippen LogP contribution in [0.3, 0.4) is 0 Å². The number of nitrogens with zero attached hydrogens (tertiary/aromatic N) is 1. The van der Waals surface area contributed by atoms with E-state index in [0.717, 1.165) is 6.42 Å². The molecule has 2 rings (SSSR count). The number of aryl methyl sites for hydroxylation is 2. The SMILES string of the molecule is CCCc1nc(-c2ccc(C)c(F)c2)ccc1C(=O)O. The molecule has 0 aliphatic heterocycles. The first-order chi connectivity index (χ1) is 9.52. The van der Waals surface area contributed by atoms with Gasteiger partial charge in [-0.1, -0.05) is 25.5 Å². The highest BCUT2D eigenvalue weighted by Crippen LogP contribution is 2.22. The van der Waals surface area contributed by atoms with E-state index in [9.17, 15) is 9.18 Å². The third-order valence-electron chi connectivity index (χ3n) is 3.16. The summed E-state index contributed by atoms with van der Waals surface area (Å²) in [6.45, 7) is 3.66. The summed E-state index contributed by atoms with van der Waals surface area (Å²) < 4.78 is 13.6. The summed E-state index contributed by atoms with van der Waals surface area (Å²) in [7, 11) is 0. The molecule has 1 heterocycles. The van der Waals surface area contributed by atoms with Crippen molar-refractivity contribution in [1.82, 2.24) is 4.98 Å². The summed E-state index contributed by atoms with van der Waals surface area (Å²) in [5, 5.41) is 9.13. The monoisotopic (exact) mass is 273 g/mol. The molecule has 1 aromatic carbocycles. The molecule has 2 aromatic rings. The molecule has 0 fully saturated rings. The van der Waals surface area contributed by atoms with Gasteiger partial charge in [0.05, 0.1) is 17.0 Å². The molecule has 4 heteroatoms. The van der Waals surface area contributed by atoms with E-state index in [2.05, 4.69) is 4.98 Å². The van der Waals surface area contributed by atoms with Crippen molar-refractivity contribution in [1.29, 1.82) is 0 Å². The molecule has 0 bridgehead atoms. The van der Waals surface area contributed by atoms with E-state index in [1.807, 2.05) is 6.92 Å². The van der Waals surface area contributed by atoms with Gasteiger partial charge < -0.3 is 5.11 Å². The van der Waals surface area contributed by atoms with Crippen molar-refractivity contribution < 1.29 is 14.3 Å². The van der Waals surface area contributed by atoms with Crippen LogP contribution < -0.4 is 0 Å². The van der Waals surface area contributed by atoms with E-state index in [0.29, 0.717) is 28.9 Å². The Bertz CT molecular complexity index is 653. The van der Waals surface area contributed by atoms with Crippen molar-refractivity contribution in [2.45, 2.75) is 26.7 Å². The summed E-state index contributed by atoms with van der Waals surface area (Å²) in [6.07, 6.45) is 1.39. The van der Waals surface area contributed by atoms with Crippen LogP contribution >= 0.6 is 0 Å². The number of carboxylic acid groups (broad SMARTS) is 1. The normalized spacial score (nSPS) is 10.6. The highest BCUT2D eigenvalue weighted by Gasteiger charge is 2.13. The Labute approximate surface area is 117 Å². The van der Waals surface area contributed by atoms with Crippen LogP contribution in [0.25, 0.3) is 11.3 Å². The molecule has 0 aliphatic carbocycles. The Balaban J connectivity index is 2.49.